The fourth-order valence-electron chi connectivity index (χ4n) is 5.38. The molecule has 0 spiro atoms. The average Bonchev–Trinajstić information content (AvgIpc) is 3.16. The first-order valence-electron chi connectivity index (χ1n) is 16.5. The minimum Gasteiger partial charge on any atom is -0.508 e. The molecule has 0 aromatic heterocycles. The third kappa shape index (κ3) is 11.5. The smallest absolute Gasteiger partial charge is 0.403 e. The molecule has 53 heavy (non-hydrogen) atoms. The first kappa shape index (κ1) is 38.2. The van der Waals surface area contributed by atoms with Crippen LogP contribution in [0.5, 0.6) is 11.5 Å². The molecule has 11 heteroatoms. The molecule has 0 heterocycles. The summed E-state index contributed by atoms with van der Waals surface area (Å²) in [6, 6.07) is 51.7. The fourth-order valence-corrected chi connectivity index (χ4v) is 5.54. The zero-order valence-electron chi connectivity index (χ0n) is 28.4. The predicted molar refractivity (Wildman–Crippen MR) is 210 cm³/mol. The first-order valence-corrected chi connectivity index (χ1v) is 17.3. The Balaban J connectivity index is 0.000000357. The Morgan fingerprint density at radius 1 is 0.434 bits per heavy atom. The van der Waals surface area contributed by atoms with Gasteiger partial charge in [0.15, 0.2) is 0 Å². The number of halogens is 2. The highest BCUT2D eigenvalue weighted by Gasteiger charge is 2.15. The SMILES string of the molecule is O=C(Cl)OCCOCCOC(=O)Cl.Oc1cccc(N(c2ccccc2)c2ccc(-c3ccc(N(c4ccccc4)c4cccc(O)c4)cc3)cc2)c1. The number of para-hydroxylation sites is 2. The van der Waals surface area contributed by atoms with Gasteiger partial charge < -0.3 is 34.2 Å². The Labute approximate surface area is 317 Å². The molecule has 0 aliphatic carbocycles. The number of carbonyl (C=O) groups excluding carboxylic acids is 2. The minimum atomic E-state index is -0.879. The van der Waals surface area contributed by atoms with Gasteiger partial charge in [-0.25, -0.2) is 9.59 Å². The number of rotatable bonds is 13. The highest BCUT2D eigenvalue weighted by Crippen LogP contribution is 2.39. The van der Waals surface area contributed by atoms with Crippen LogP contribution in [0.4, 0.5) is 43.7 Å². The van der Waals surface area contributed by atoms with Crippen LogP contribution in [0.15, 0.2) is 158 Å². The molecule has 0 aliphatic heterocycles. The van der Waals surface area contributed by atoms with Crippen LogP contribution in [0.3, 0.4) is 0 Å². The van der Waals surface area contributed by atoms with E-state index < -0.39 is 10.9 Å². The van der Waals surface area contributed by atoms with Crippen molar-refractivity contribution in [3.63, 3.8) is 0 Å². The Morgan fingerprint density at radius 2 is 0.774 bits per heavy atom. The summed E-state index contributed by atoms with van der Waals surface area (Å²) in [6.07, 6.45) is 0. The maximum Gasteiger partial charge on any atom is 0.403 e. The van der Waals surface area contributed by atoms with E-state index in [0.717, 1.165) is 45.3 Å². The number of phenols is 2. The predicted octanol–water partition coefficient (Wildman–Crippen LogP) is 11.5. The van der Waals surface area contributed by atoms with Gasteiger partial charge in [-0.2, -0.15) is 0 Å². The molecule has 0 radical (unpaired) electrons. The van der Waals surface area contributed by atoms with Crippen molar-refractivity contribution in [1.29, 1.82) is 0 Å². The van der Waals surface area contributed by atoms with Crippen LogP contribution in [-0.2, 0) is 14.2 Å². The lowest BCUT2D eigenvalue weighted by molar-refractivity contribution is 0.0555. The summed E-state index contributed by atoms with van der Waals surface area (Å²) in [5.74, 6) is 0.454. The van der Waals surface area contributed by atoms with Crippen molar-refractivity contribution in [2.24, 2.45) is 0 Å². The molecule has 6 rings (SSSR count). The molecule has 0 unspecified atom stereocenters. The normalized spacial score (nSPS) is 10.4. The molecule has 2 N–H and O–H groups in total. The summed E-state index contributed by atoms with van der Waals surface area (Å²) in [7, 11) is 0. The van der Waals surface area contributed by atoms with E-state index in [-0.39, 0.29) is 37.9 Å². The molecule has 0 fully saturated rings. The van der Waals surface area contributed by atoms with Crippen LogP contribution in [-0.4, -0.2) is 47.5 Å². The van der Waals surface area contributed by atoms with Gasteiger partial charge in [0.2, 0.25) is 0 Å². The number of ether oxygens (including phenoxy) is 3. The summed E-state index contributed by atoms with van der Waals surface area (Å²) in [5, 5.41) is 20.3. The molecule has 0 atom stereocenters. The van der Waals surface area contributed by atoms with E-state index in [2.05, 4.69) is 92.1 Å². The third-order valence-corrected chi connectivity index (χ3v) is 7.89. The maximum absolute atomic E-state index is 10.1. The van der Waals surface area contributed by atoms with Crippen molar-refractivity contribution in [1.82, 2.24) is 0 Å². The Bertz CT molecular complexity index is 1900. The highest BCUT2D eigenvalue weighted by molar-refractivity contribution is 6.61. The number of aromatic hydroxyl groups is 2. The van der Waals surface area contributed by atoms with E-state index in [1.807, 2.05) is 60.7 Å². The third-order valence-electron chi connectivity index (χ3n) is 7.68. The van der Waals surface area contributed by atoms with Gasteiger partial charge in [-0.15, -0.1) is 0 Å². The van der Waals surface area contributed by atoms with Gasteiger partial charge in [0, 0.05) is 69.5 Å². The van der Waals surface area contributed by atoms with Crippen LogP contribution in [0.25, 0.3) is 11.1 Å². The molecule has 0 saturated heterocycles. The van der Waals surface area contributed by atoms with Gasteiger partial charge in [0.05, 0.1) is 13.2 Å². The lowest BCUT2D eigenvalue weighted by Crippen LogP contribution is -2.10. The van der Waals surface area contributed by atoms with E-state index in [4.69, 9.17) is 27.9 Å². The number of benzene rings is 6. The van der Waals surface area contributed by atoms with Crippen LogP contribution < -0.4 is 9.80 Å². The zero-order valence-corrected chi connectivity index (χ0v) is 29.9. The number of phenolic OH excluding ortho intramolecular Hbond substituents is 2. The summed E-state index contributed by atoms with van der Waals surface area (Å²) in [5.41, 5.74) is 6.23. The van der Waals surface area contributed by atoms with Crippen molar-refractivity contribution in [2.45, 2.75) is 0 Å². The average molecular weight is 752 g/mol. The molecule has 0 bridgehead atoms. The first-order chi connectivity index (χ1) is 25.8. The van der Waals surface area contributed by atoms with Gasteiger partial charge in [0.1, 0.15) is 24.7 Å². The summed E-state index contributed by atoms with van der Waals surface area (Å²) >= 11 is 9.71. The molecule has 0 amide bonds. The lowest BCUT2D eigenvalue weighted by atomic mass is 10.0. The van der Waals surface area contributed by atoms with Crippen LogP contribution in [0.2, 0.25) is 0 Å². The van der Waals surface area contributed by atoms with E-state index >= 15 is 0 Å². The molecule has 270 valence electrons. The molecule has 6 aromatic rings. The molecular formula is C42H36Cl2N2O7. The van der Waals surface area contributed by atoms with E-state index in [1.165, 1.54) is 0 Å². The standard InChI is InChI=1S/C36H28N2O2.C6H8Cl2O5/c39-35-15-7-13-33(25-35)37(29-9-3-1-4-10-29)31-21-17-27(18-22-31)28-19-23-32(24-20-28)38(30-11-5-2-6-12-30)34-14-8-16-36(40)26-34;7-5(9)12-3-1-11-2-4-13-6(8)10/h1-26,39-40H;1-4H2. The maximum atomic E-state index is 10.1. The number of hydrogen-bond donors (Lipinski definition) is 2. The second-order valence-electron chi connectivity index (χ2n) is 11.3. The number of carbonyl (C=O) groups is 2. The lowest BCUT2D eigenvalue weighted by Gasteiger charge is -2.26. The summed E-state index contributed by atoms with van der Waals surface area (Å²) in [4.78, 5) is 24.3. The highest BCUT2D eigenvalue weighted by atomic mass is 35.5. The van der Waals surface area contributed by atoms with Crippen molar-refractivity contribution in [3.05, 3.63) is 158 Å². The monoisotopic (exact) mass is 750 g/mol. The Morgan fingerprint density at radius 3 is 1.11 bits per heavy atom. The number of hydrogen-bond acceptors (Lipinski definition) is 9. The molecule has 6 aromatic carbocycles. The zero-order chi connectivity index (χ0) is 37.4. The summed E-state index contributed by atoms with van der Waals surface area (Å²) in [6.45, 7) is 0.519. The van der Waals surface area contributed by atoms with E-state index in [0.29, 0.717) is 0 Å². The van der Waals surface area contributed by atoms with Crippen LogP contribution in [0.1, 0.15) is 0 Å². The van der Waals surface area contributed by atoms with E-state index in [1.54, 1.807) is 24.3 Å². The van der Waals surface area contributed by atoms with Gasteiger partial charge in [0.25, 0.3) is 0 Å². The van der Waals surface area contributed by atoms with Crippen molar-refractivity contribution in [2.75, 3.05) is 36.2 Å². The minimum absolute atomic E-state index is 0.0666. The van der Waals surface area contributed by atoms with Crippen molar-refractivity contribution < 1.29 is 34.0 Å². The molecule has 9 nitrogen and oxygen atoms in total. The van der Waals surface area contributed by atoms with Gasteiger partial charge in [-0.3, -0.25) is 0 Å². The van der Waals surface area contributed by atoms with Crippen LogP contribution in [0, 0.1) is 0 Å². The Kier molecular flexibility index (Phi) is 14.1. The second-order valence-corrected chi connectivity index (χ2v) is 11.9. The van der Waals surface area contributed by atoms with Crippen LogP contribution >= 0.6 is 23.2 Å². The van der Waals surface area contributed by atoms with Crippen molar-refractivity contribution >= 4 is 68.2 Å². The van der Waals surface area contributed by atoms with Gasteiger partial charge >= 0.3 is 10.9 Å². The molecule has 0 saturated carbocycles. The second kappa shape index (κ2) is 19.6. The molecular weight excluding hydrogens is 715 g/mol. The number of anilines is 6. The number of nitrogens with zero attached hydrogens (tertiary/aromatic N) is 2. The Hall–Kier alpha value is -6.00. The van der Waals surface area contributed by atoms with E-state index in [9.17, 15) is 19.8 Å². The van der Waals surface area contributed by atoms with Gasteiger partial charge in [-0.1, -0.05) is 72.8 Å². The van der Waals surface area contributed by atoms with Crippen molar-refractivity contribution in [3.8, 4) is 22.6 Å². The molecule has 0 aliphatic rings. The topological polar surface area (TPSA) is 109 Å². The fraction of sp³-hybridized carbons (Fsp3) is 0.0952. The quantitative estimate of drug-likeness (QED) is 0.0880. The summed E-state index contributed by atoms with van der Waals surface area (Å²) < 4.78 is 13.5. The van der Waals surface area contributed by atoms with Gasteiger partial charge in [-0.05, 0) is 83.9 Å². The largest absolute Gasteiger partial charge is 0.508 e.